The maximum Gasteiger partial charge on any atom is 0.226 e. The summed E-state index contributed by atoms with van der Waals surface area (Å²) in [6.45, 7) is 4.04. The molecule has 2 rings (SSSR count). The van der Waals surface area contributed by atoms with Crippen molar-refractivity contribution < 1.29 is 4.79 Å². The van der Waals surface area contributed by atoms with Crippen molar-refractivity contribution in [1.29, 1.82) is 0 Å². The van der Waals surface area contributed by atoms with Crippen molar-refractivity contribution in [2.24, 2.45) is 0 Å². The zero-order valence-corrected chi connectivity index (χ0v) is 11.3. The predicted octanol–water partition coefficient (Wildman–Crippen LogP) is 4.28. The molecule has 0 N–H and O–H groups in total. The minimum atomic E-state index is -0.311. The van der Waals surface area contributed by atoms with Gasteiger partial charge in [0.2, 0.25) is 5.24 Å². The van der Waals surface area contributed by atoms with E-state index in [2.05, 4.69) is 24.3 Å². The maximum atomic E-state index is 11.0. The Balaban J connectivity index is 2.46. The van der Waals surface area contributed by atoms with E-state index in [1.54, 1.807) is 0 Å². The molecule has 0 spiro atoms. The van der Waals surface area contributed by atoms with Crippen molar-refractivity contribution in [1.82, 2.24) is 0 Å². The second-order valence-corrected chi connectivity index (χ2v) is 4.91. The van der Waals surface area contributed by atoms with E-state index in [0.29, 0.717) is 6.42 Å². The number of carbonyl (C=O) groups is 1. The fourth-order valence-corrected chi connectivity index (χ4v) is 2.34. The van der Waals surface area contributed by atoms with E-state index >= 15 is 0 Å². The van der Waals surface area contributed by atoms with Crippen LogP contribution in [0.5, 0.6) is 0 Å². The summed E-state index contributed by atoms with van der Waals surface area (Å²) < 4.78 is 0. The predicted molar refractivity (Wildman–Crippen MR) is 75.9 cm³/mol. The first kappa shape index (κ1) is 12.8. The highest BCUT2D eigenvalue weighted by molar-refractivity contribution is 6.63. The van der Waals surface area contributed by atoms with Crippen molar-refractivity contribution in [3.05, 3.63) is 59.2 Å². The van der Waals surface area contributed by atoms with Crippen LogP contribution in [0.15, 0.2) is 42.5 Å². The highest BCUT2D eigenvalue weighted by Gasteiger charge is 2.09. The van der Waals surface area contributed by atoms with E-state index in [9.17, 15) is 4.79 Å². The minimum Gasteiger partial charge on any atom is -0.281 e. The van der Waals surface area contributed by atoms with Gasteiger partial charge in [0.15, 0.2) is 0 Å². The van der Waals surface area contributed by atoms with Crippen LogP contribution >= 0.6 is 11.6 Å². The summed E-state index contributed by atoms with van der Waals surface area (Å²) in [7, 11) is 0. The third kappa shape index (κ3) is 2.80. The number of benzene rings is 2. The lowest BCUT2D eigenvalue weighted by molar-refractivity contribution is -0.111. The van der Waals surface area contributed by atoms with Crippen LogP contribution < -0.4 is 0 Å². The van der Waals surface area contributed by atoms with E-state index < -0.39 is 0 Å². The van der Waals surface area contributed by atoms with Crippen LogP contribution in [0.4, 0.5) is 0 Å². The summed E-state index contributed by atoms with van der Waals surface area (Å²) >= 11 is 5.47. The Morgan fingerprint density at radius 1 is 1.00 bits per heavy atom. The Morgan fingerprint density at radius 3 is 2.06 bits per heavy atom. The van der Waals surface area contributed by atoms with Crippen molar-refractivity contribution in [3.8, 4) is 11.1 Å². The molecule has 0 aromatic heterocycles. The van der Waals surface area contributed by atoms with Gasteiger partial charge in [0.1, 0.15) is 0 Å². The average molecular weight is 259 g/mol. The zero-order chi connectivity index (χ0) is 13.1. The molecule has 0 aliphatic carbocycles. The molecule has 0 aliphatic rings. The lowest BCUT2D eigenvalue weighted by Crippen LogP contribution is -2.00. The quantitative estimate of drug-likeness (QED) is 0.751. The van der Waals surface area contributed by atoms with Gasteiger partial charge in [-0.1, -0.05) is 42.5 Å². The fourth-order valence-electron chi connectivity index (χ4n) is 2.21. The third-order valence-electron chi connectivity index (χ3n) is 3.12. The molecule has 0 amide bonds. The van der Waals surface area contributed by atoms with Crippen molar-refractivity contribution in [2.45, 2.75) is 20.3 Å². The normalized spacial score (nSPS) is 10.4. The molecular weight excluding hydrogens is 244 g/mol. The topological polar surface area (TPSA) is 17.1 Å². The first-order chi connectivity index (χ1) is 8.58. The Labute approximate surface area is 112 Å². The summed E-state index contributed by atoms with van der Waals surface area (Å²) in [4.78, 5) is 11.0. The van der Waals surface area contributed by atoms with Gasteiger partial charge < -0.3 is 0 Å². The van der Waals surface area contributed by atoms with Gasteiger partial charge in [-0.05, 0) is 53.3 Å². The van der Waals surface area contributed by atoms with Crippen LogP contribution in [0.1, 0.15) is 16.7 Å². The Bertz CT molecular complexity index is 550. The van der Waals surface area contributed by atoms with E-state index in [1.807, 2.05) is 32.0 Å². The van der Waals surface area contributed by atoms with E-state index in [4.69, 9.17) is 11.6 Å². The molecule has 1 nitrogen and oxygen atoms in total. The number of hydrogen-bond acceptors (Lipinski definition) is 1. The second kappa shape index (κ2) is 5.36. The molecule has 2 heteroatoms. The standard InChI is InChI=1S/C16H15ClO/c1-11-8-14(13-6-4-3-5-7-13)9-12(2)15(11)10-16(17)18/h3-9H,10H2,1-2H3. The van der Waals surface area contributed by atoms with Crippen LogP contribution in [-0.2, 0) is 11.2 Å². The molecule has 92 valence electrons. The van der Waals surface area contributed by atoms with Crippen LogP contribution in [0.2, 0.25) is 0 Å². The molecule has 0 aliphatic heterocycles. The maximum absolute atomic E-state index is 11.0. The number of rotatable bonds is 3. The highest BCUT2D eigenvalue weighted by atomic mass is 35.5. The fraction of sp³-hybridized carbons (Fsp3) is 0.188. The Kier molecular flexibility index (Phi) is 3.83. The van der Waals surface area contributed by atoms with Crippen LogP contribution in [0.3, 0.4) is 0 Å². The third-order valence-corrected chi connectivity index (χ3v) is 3.25. The highest BCUT2D eigenvalue weighted by Crippen LogP contribution is 2.25. The van der Waals surface area contributed by atoms with Gasteiger partial charge in [0.25, 0.3) is 0 Å². The number of aryl methyl sites for hydroxylation is 2. The van der Waals surface area contributed by atoms with Gasteiger partial charge in [-0.2, -0.15) is 0 Å². The molecule has 0 radical (unpaired) electrons. The van der Waals surface area contributed by atoms with Gasteiger partial charge in [-0.25, -0.2) is 0 Å². The molecule has 0 heterocycles. The van der Waals surface area contributed by atoms with Gasteiger partial charge in [0, 0.05) is 6.42 Å². The minimum absolute atomic E-state index is 0.300. The second-order valence-electron chi connectivity index (χ2n) is 4.49. The summed E-state index contributed by atoms with van der Waals surface area (Å²) in [5.41, 5.74) is 5.63. The molecule has 0 saturated carbocycles. The van der Waals surface area contributed by atoms with Gasteiger partial charge in [-0.15, -0.1) is 0 Å². The van der Waals surface area contributed by atoms with Gasteiger partial charge in [0.05, 0.1) is 0 Å². The first-order valence-electron chi connectivity index (χ1n) is 5.92. The van der Waals surface area contributed by atoms with E-state index in [-0.39, 0.29) is 5.24 Å². The van der Waals surface area contributed by atoms with Crippen LogP contribution in [0.25, 0.3) is 11.1 Å². The smallest absolute Gasteiger partial charge is 0.226 e. The summed E-state index contributed by atoms with van der Waals surface area (Å²) in [6.07, 6.45) is 0.300. The summed E-state index contributed by atoms with van der Waals surface area (Å²) in [5.74, 6) is 0. The van der Waals surface area contributed by atoms with Gasteiger partial charge in [-0.3, -0.25) is 4.79 Å². The average Bonchev–Trinajstić information content (AvgIpc) is 2.34. The first-order valence-corrected chi connectivity index (χ1v) is 6.29. The van der Waals surface area contributed by atoms with Crippen LogP contribution in [-0.4, -0.2) is 5.24 Å². The number of halogens is 1. The molecule has 2 aromatic rings. The molecule has 0 saturated heterocycles. The molecule has 0 bridgehead atoms. The molecular formula is C16H15ClO. The lowest BCUT2D eigenvalue weighted by atomic mass is 9.94. The van der Waals surface area contributed by atoms with E-state index in [1.165, 1.54) is 11.1 Å². The van der Waals surface area contributed by atoms with Gasteiger partial charge >= 0.3 is 0 Å². The monoisotopic (exact) mass is 258 g/mol. The number of carbonyl (C=O) groups excluding carboxylic acids is 1. The molecule has 2 aromatic carbocycles. The van der Waals surface area contributed by atoms with Crippen molar-refractivity contribution >= 4 is 16.8 Å². The number of hydrogen-bond donors (Lipinski definition) is 0. The lowest BCUT2D eigenvalue weighted by Gasteiger charge is -2.11. The zero-order valence-electron chi connectivity index (χ0n) is 10.5. The Morgan fingerprint density at radius 2 is 1.56 bits per heavy atom. The van der Waals surface area contributed by atoms with Crippen molar-refractivity contribution in [2.75, 3.05) is 0 Å². The van der Waals surface area contributed by atoms with Crippen molar-refractivity contribution in [3.63, 3.8) is 0 Å². The molecule has 0 unspecified atom stereocenters. The SMILES string of the molecule is Cc1cc(-c2ccccc2)cc(C)c1CC(=O)Cl. The summed E-state index contributed by atoms with van der Waals surface area (Å²) in [6, 6.07) is 14.4. The summed E-state index contributed by atoms with van der Waals surface area (Å²) in [5, 5.41) is -0.311. The molecule has 0 atom stereocenters. The van der Waals surface area contributed by atoms with Crippen LogP contribution in [0, 0.1) is 13.8 Å². The Hall–Kier alpha value is -1.60. The van der Waals surface area contributed by atoms with E-state index in [0.717, 1.165) is 16.7 Å². The largest absolute Gasteiger partial charge is 0.281 e. The molecule has 18 heavy (non-hydrogen) atoms. The molecule has 0 fully saturated rings.